The lowest BCUT2D eigenvalue weighted by atomic mass is 10.1. The van der Waals surface area contributed by atoms with Crippen molar-refractivity contribution in [1.29, 1.82) is 0 Å². The second kappa shape index (κ2) is 5.80. The van der Waals surface area contributed by atoms with Crippen molar-refractivity contribution in [3.05, 3.63) is 77.0 Å². The molecule has 0 unspecified atom stereocenters. The molecule has 1 aliphatic rings. The van der Waals surface area contributed by atoms with Crippen LogP contribution in [-0.4, -0.2) is 5.71 Å². The van der Waals surface area contributed by atoms with E-state index in [0.29, 0.717) is 11.6 Å². The second-order valence-electron chi connectivity index (χ2n) is 4.33. The van der Waals surface area contributed by atoms with E-state index in [1.54, 1.807) is 6.20 Å². The van der Waals surface area contributed by atoms with E-state index in [1.807, 2.05) is 54.6 Å². The van der Waals surface area contributed by atoms with Crippen LogP contribution < -0.4 is 10.2 Å². The van der Waals surface area contributed by atoms with Crippen molar-refractivity contribution in [1.82, 2.24) is 5.43 Å². The normalized spacial score (nSPS) is 12.9. The average Bonchev–Trinajstić information content (AvgIpc) is 3.01. The van der Waals surface area contributed by atoms with Crippen molar-refractivity contribution in [2.45, 2.75) is 6.61 Å². The van der Waals surface area contributed by atoms with Crippen molar-refractivity contribution in [3.63, 3.8) is 0 Å². The maximum absolute atomic E-state index is 6.05. The summed E-state index contributed by atoms with van der Waals surface area (Å²) in [6, 6.07) is 15.5. The van der Waals surface area contributed by atoms with Crippen LogP contribution in [0.1, 0.15) is 11.1 Å². The standard InChI is InChI=1S/C16H12ClN2O/c17-13-6-7-16(14(10-13)15-8-9-18-19-15)20-11-12-4-2-1-3-5-12/h1-10H,11H2. The zero-order valence-corrected chi connectivity index (χ0v) is 11.4. The van der Waals surface area contributed by atoms with Gasteiger partial charge < -0.3 is 4.74 Å². The first kappa shape index (κ1) is 12.8. The Hall–Kier alpha value is -2.26. The van der Waals surface area contributed by atoms with Gasteiger partial charge in [-0.25, -0.2) is 0 Å². The minimum Gasteiger partial charge on any atom is -0.488 e. The van der Waals surface area contributed by atoms with E-state index in [2.05, 4.69) is 10.5 Å². The summed E-state index contributed by atoms with van der Waals surface area (Å²) in [5.74, 6) is 0.749. The summed E-state index contributed by atoms with van der Waals surface area (Å²) in [5.41, 5.74) is 6.56. The average molecular weight is 284 g/mol. The Balaban J connectivity index is 1.84. The number of rotatable bonds is 4. The molecule has 0 saturated heterocycles. The molecule has 1 heterocycles. The number of nitrogens with zero attached hydrogens (tertiary/aromatic N) is 2. The van der Waals surface area contributed by atoms with Gasteiger partial charge in [0.15, 0.2) is 0 Å². The predicted octanol–water partition coefficient (Wildman–Crippen LogP) is 3.75. The summed E-state index contributed by atoms with van der Waals surface area (Å²) >= 11 is 6.05. The van der Waals surface area contributed by atoms with Crippen molar-refractivity contribution in [2.24, 2.45) is 5.10 Å². The van der Waals surface area contributed by atoms with Crippen molar-refractivity contribution < 1.29 is 4.74 Å². The van der Waals surface area contributed by atoms with Gasteiger partial charge in [-0.2, -0.15) is 10.5 Å². The van der Waals surface area contributed by atoms with Crippen LogP contribution in [0.15, 0.2) is 65.9 Å². The van der Waals surface area contributed by atoms with E-state index in [9.17, 15) is 0 Å². The summed E-state index contributed by atoms with van der Waals surface area (Å²) in [7, 11) is 0. The van der Waals surface area contributed by atoms with Gasteiger partial charge in [-0.3, -0.25) is 0 Å². The third kappa shape index (κ3) is 2.83. The Labute approximate surface area is 122 Å². The Morgan fingerprint density at radius 2 is 1.90 bits per heavy atom. The van der Waals surface area contributed by atoms with Crippen molar-refractivity contribution >= 4 is 17.3 Å². The molecule has 0 aromatic heterocycles. The lowest BCUT2D eigenvalue weighted by Gasteiger charge is -2.11. The van der Waals surface area contributed by atoms with Gasteiger partial charge in [-0.1, -0.05) is 41.9 Å². The number of allylic oxidation sites excluding steroid dienone is 1. The molecule has 2 aromatic rings. The van der Waals surface area contributed by atoms with Gasteiger partial charge in [0, 0.05) is 10.6 Å². The van der Waals surface area contributed by atoms with Gasteiger partial charge in [0.05, 0.1) is 11.9 Å². The lowest BCUT2D eigenvalue weighted by molar-refractivity contribution is 0.305. The van der Waals surface area contributed by atoms with Gasteiger partial charge in [0.25, 0.3) is 0 Å². The van der Waals surface area contributed by atoms with Gasteiger partial charge in [0.1, 0.15) is 12.4 Å². The predicted molar refractivity (Wildman–Crippen MR) is 80.0 cm³/mol. The Morgan fingerprint density at radius 3 is 2.65 bits per heavy atom. The SMILES string of the molecule is Clc1ccc(OCc2ccccc2)c(C2=N[N]C=C2)c1. The first-order chi connectivity index (χ1) is 9.83. The van der Waals surface area contributed by atoms with E-state index in [4.69, 9.17) is 16.3 Å². The molecule has 3 nitrogen and oxygen atoms in total. The van der Waals surface area contributed by atoms with Crippen LogP contribution in [0.3, 0.4) is 0 Å². The first-order valence-electron chi connectivity index (χ1n) is 6.24. The fourth-order valence-corrected chi connectivity index (χ4v) is 2.11. The Kier molecular flexibility index (Phi) is 3.70. The molecule has 0 fully saturated rings. The molecule has 20 heavy (non-hydrogen) atoms. The highest BCUT2D eigenvalue weighted by molar-refractivity contribution is 6.31. The van der Waals surface area contributed by atoms with Crippen LogP contribution in [-0.2, 0) is 6.61 Å². The highest BCUT2D eigenvalue weighted by Gasteiger charge is 2.12. The molecule has 0 spiro atoms. The van der Waals surface area contributed by atoms with Crippen LogP contribution in [0.5, 0.6) is 5.75 Å². The third-order valence-corrected chi connectivity index (χ3v) is 3.15. The zero-order valence-electron chi connectivity index (χ0n) is 10.7. The van der Waals surface area contributed by atoms with Crippen LogP contribution in [0.25, 0.3) is 0 Å². The molecule has 1 radical (unpaired) electrons. The number of hydrogen-bond acceptors (Lipinski definition) is 2. The summed E-state index contributed by atoms with van der Waals surface area (Å²) in [6.07, 6.45) is 3.48. The van der Waals surface area contributed by atoms with E-state index < -0.39 is 0 Å². The second-order valence-corrected chi connectivity index (χ2v) is 4.77. The summed E-state index contributed by atoms with van der Waals surface area (Å²) in [6.45, 7) is 0.504. The smallest absolute Gasteiger partial charge is 0.129 e. The quantitative estimate of drug-likeness (QED) is 0.841. The topological polar surface area (TPSA) is 35.7 Å². The van der Waals surface area contributed by atoms with Crippen molar-refractivity contribution in [2.75, 3.05) is 0 Å². The highest BCUT2D eigenvalue weighted by Crippen LogP contribution is 2.25. The van der Waals surface area contributed by atoms with E-state index >= 15 is 0 Å². The van der Waals surface area contributed by atoms with Crippen LogP contribution in [0.4, 0.5) is 0 Å². The maximum Gasteiger partial charge on any atom is 0.129 e. The van der Waals surface area contributed by atoms with Gasteiger partial charge in [0.2, 0.25) is 0 Å². The molecular formula is C16H12ClN2O. The fraction of sp³-hybridized carbons (Fsp3) is 0.0625. The largest absolute Gasteiger partial charge is 0.488 e. The lowest BCUT2D eigenvalue weighted by Crippen LogP contribution is -2.02. The molecule has 4 heteroatoms. The number of halogens is 1. The molecule has 3 rings (SSSR count). The molecule has 1 aliphatic heterocycles. The summed E-state index contributed by atoms with van der Waals surface area (Å²) in [5, 5.41) is 4.70. The first-order valence-corrected chi connectivity index (χ1v) is 6.62. The summed E-state index contributed by atoms with van der Waals surface area (Å²) < 4.78 is 5.88. The molecule has 2 aromatic carbocycles. The number of benzene rings is 2. The van der Waals surface area contributed by atoms with E-state index in [-0.39, 0.29) is 0 Å². The van der Waals surface area contributed by atoms with Gasteiger partial charge in [-0.05, 0) is 29.8 Å². The summed E-state index contributed by atoms with van der Waals surface area (Å²) in [4.78, 5) is 0. The number of ether oxygens (including phenoxy) is 1. The molecule has 0 bridgehead atoms. The minimum atomic E-state index is 0.504. The molecule has 0 aliphatic carbocycles. The fourth-order valence-electron chi connectivity index (χ4n) is 1.94. The molecule has 0 amide bonds. The molecule has 0 N–H and O–H groups in total. The third-order valence-electron chi connectivity index (χ3n) is 2.92. The van der Waals surface area contributed by atoms with Crippen molar-refractivity contribution in [3.8, 4) is 5.75 Å². The number of hydrogen-bond donors (Lipinski definition) is 0. The van der Waals surface area contributed by atoms with Crippen LogP contribution in [0.2, 0.25) is 5.02 Å². The molecular weight excluding hydrogens is 272 g/mol. The van der Waals surface area contributed by atoms with Crippen LogP contribution >= 0.6 is 11.6 Å². The Bertz CT molecular complexity index is 665. The van der Waals surface area contributed by atoms with E-state index in [1.165, 1.54) is 0 Å². The highest BCUT2D eigenvalue weighted by atomic mass is 35.5. The van der Waals surface area contributed by atoms with E-state index in [0.717, 1.165) is 22.6 Å². The molecule has 0 atom stereocenters. The minimum absolute atomic E-state index is 0.504. The maximum atomic E-state index is 6.05. The molecule has 99 valence electrons. The Morgan fingerprint density at radius 1 is 1.05 bits per heavy atom. The zero-order chi connectivity index (χ0) is 13.8. The van der Waals surface area contributed by atoms with Gasteiger partial charge in [-0.15, -0.1) is 0 Å². The van der Waals surface area contributed by atoms with Gasteiger partial charge >= 0.3 is 0 Å². The van der Waals surface area contributed by atoms with Crippen LogP contribution in [0, 0.1) is 0 Å². The molecule has 0 saturated carbocycles. The monoisotopic (exact) mass is 283 g/mol.